The summed E-state index contributed by atoms with van der Waals surface area (Å²) in [4.78, 5) is 11.9. The summed E-state index contributed by atoms with van der Waals surface area (Å²) in [7, 11) is 0. The Morgan fingerprint density at radius 2 is 1.57 bits per heavy atom. The van der Waals surface area contributed by atoms with E-state index < -0.39 is 0 Å². The molecule has 0 radical (unpaired) electrons. The van der Waals surface area contributed by atoms with E-state index in [9.17, 15) is 4.79 Å². The number of unbranched alkanes of at least 4 members (excludes halogenated alkanes) is 3. The van der Waals surface area contributed by atoms with Crippen molar-refractivity contribution >= 4 is 5.91 Å². The van der Waals surface area contributed by atoms with Crippen molar-refractivity contribution in [1.29, 1.82) is 0 Å². The van der Waals surface area contributed by atoms with E-state index in [1.807, 2.05) is 6.92 Å². The van der Waals surface area contributed by atoms with Crippen LogP contribution in [0, 0.1) is 11.8 Å². The first kappa shape index (κ1) is 20.4. The van der Waals surface area contributed by atoms with Crippen molar-refractivity contribution in [1.82, 2.24) is 5.32 Å². The fourth-order valence-electron chi connectivity index (χ4n) is 3.22. The van der Waals surface area contributed by atoms with Crippen LogP contribution in [0.3, 0.4) is 0 Å². The predicted molar refractivity (Wildman–Crippen MR) is 94.5 cm³/mol. The Morgan fingerprint density at radius 3 is 2.26 bits per heavy atom. The number of amides is 1. The van der Waals surface area contributed by atoms with Gasteiger partial charge in [0.05, 0.1) is 0 Å². The average molecular weight is 328 g/mol. The van der Waals surface area contributed by atoms with Gasteiger partial charge in [0.15, 0.2) is 0 Å². The smallest absolute Gasteiger partial charge is 0.220 e. The Morgan fingerprint density at radius 1 is 0.913 bits per heavy atom. The van der Waals surface area contributed by atoms with Gasteiger partial charge in [-0.15, -0.1) is 0 Å². The van der Waals surface area contributed by atoms with Gasteiger partial charge in [0.25, 0.3) is 0 Å². The molecule has 0 atom stereocenters. The molecule has 1 rings (SSSR count). The molecule has 136 valence electrons. The zero-order valence-corrected chi connectivity index (χ0v) is 15.3. The molecule has 4 heteroatoms. The summed E-state index contributed by atoms with van der Waals surface area (Å²) in [5.74, 6) is 1.63. The second kappa shape index (κ2) is 13.8. The van der Waals surface area contributed by atoms with Crippen molar-refractivity contribution in [2.75, 3.05) is 33.0 Å². The minimum Gasteiger partial charge on any atom is -0.382 e. The lowest BCUT2D eigenvalue weighted by molar-refractivity contribution is -0.121. The first-order chi connectivity index (χ1) is 11.3. The van der Waals surface area contributed by atoms with E-state index in [2.05, 4.69) is 12.2 Å². The maximum Gasteiger partial charge on any atom is 0.220 e. The molecule has 0 aromatic carbocycles. The molecule has 1 fully saturated rings. The van der Waals surface area contributed by atoms with Crippen LogP contribution in [0.2, 0.25) is 0 Å². The van der Waals surface area contributed by atoms with Gasteiger partial charge in [-0.3, -0.25) is 4.79 Å². The van der Waals surface area contributed by atoms with Gasteiger partial charge in [0.1, 0.15) is 0 Å². The topological polar surface area (TPSA) is 47.6 Å². The van der Waals surface area contributed by atoms with Gasteiger partial charge in [-0.05, 0) is 64.2 Å². The Balaban J connectivity index is 1.94. The molecule has 1 aliphatic rings. The summed E-state index contributed by atoms with van der Waals surface area (Å²) >= 11 is 0. The maximum atomic E-state index is 11.9. The van der Waals surface area contributed by atoms with E-state index >= 15 is 0 Å². The second-order valence-electron chi connectivity index (χ2n) is 6.71. The Bertz CT molecular complexity index is 288. The van der Waals surface area contributed by atoms with Crippen molar-refractivity contribution in [2.24, 2.45) is 11.8 Å². The average Bonchev–Trinajstić information content (AvgIpc) is 2.58. The number of hydrogen-bond donors (Lipinski definition) is 1. The SMILES string of the molecule is CCOCCCCCCC(=O)NCC1CCC(COCC)CC1. The van der Waals surface area contributed by atoms with Crippen LogP contribution < -0.4 is 5.32 Å². The Labute approximate surface area is 142 Å². The lowest BCUT2D eigenvalue weighted by atomic mass is 9.82. The summed E-state index contributed by atoms with van der Waals surface area (Å²) in [5, 5.41) is 3.13. The lowest BCUT2D eigenvalue weighted by Gasteiger charge is -2.28. The van der Waals surface area contributed by atoms with Crippen molar-refractivity contribution < 1.29 is 14.3 Å². The molecule has 0 spiro atoms. The molecule has 0 aromatic heterocycles. The molecule has 0 heterocycles. The minimum absolute atomic E-state index is 0.228. The highest BCUT2D eigenvalue weighted by Crippen LogP contribution is 2.28. The van der Waals surface area contributed by atoms with Crippen LogP contribution in [0.5, 0.6) is 0 Å². The predicted octanol–water partition coefficient (Wildman–Crippen LogP) is 3.93. The number of nitrogens with one attached hydrogen (secondary N) is 1. The van der Waals surface area contributed by atoms with Crippen molar-refractivity contribution in [3.63, 3.8) is 0 Å². The quantitative estimate of drug-likeness (QED) is 0.521. The summed E-state index contributed by atoms with van der Waals surface area (Å²) < 4.78 is 10.8. The minimum atomic E-state index is 0.228. The van der Waals surface area contributed by atoms with E-state index in [-0.39, 0.29) is 5.91 Å². The highest BCUT2D eigenvalue weighted by atomic mass is 16.5. The van der Waals surface area contributed by atoms with E-state index in [1.165, 1.54) is 25.7 Å². The standard InChI is InChI=1S/C19H37NO3/c1-3-22-14-8-6-5-7-9-19(21)20-15-17-10-12-18(13-11-17)16-23-4-2/h17-18H,3-16H2,1-2H3,(H,20,21). The van der Waals surface area contributed by atoms with Gasteiger partial charge in [-0.2, -0.15) is 0 Å². The van der Waals surface area contributed by atoms with Crippen molar-refractivity contribution in [3.05, 3.63) is 0 Å². The molecule has 1 amide bonds. The summed E-state index contributed by atoms with van der Waals surface area (Å²) in [5.41, 5.74) is 0. The van der Waals surface area contributed by atoms with Crippen LogP contribution >= 0.6 is 0 Å². The van der Waals surface area contributed by atoms with Crippen molar-refractivity contribution in [3.8, 4) is 0 Å². The van der Waals surface area contributed by atoms with Gasteiger partial charge >= 0.3 is 0 Å². The molecule has 0 unspecified atom stereocenters. The van der Waals surface area contributed by atoms with E-state index in [4.69, 9.17) is 9.47 Å². The molecular weight excluding hydrogens is 290 g/mol. The molecule has 23 heavy (non-hydrogen) atoms. The van der Waals surface area contributed by atoms with E-state index in [1.54, 1.807) is 0 Å². The summed E-state index contributed by atoms with van der Waals surface area (Å²) in [6, 6.07) is 0. The highest BCUT2D eigenvalue weighted by molar-refractivity contribution is 5.75. The lowest BCUT2D eigenvalue weighted by Crippen LogP contribution is -2.31. The number of carbonyl (C=O) groups is 1. The monoisotopic (exact) mass is 327 g/mol. The fraction of sp³-hybridized carbons (Fsp3) is 0.947. The Kier molecular flexibility index (Phi) is 12.3. The second-order valence-corrected chi connectivity index (χ2v) is 6.71. The van der Waals surface area contributed by atoms with Crippen LogP contribution in [0.1, 0.15) is 71.6 Å². The van der Waals surface area contributed by atoms with Crippen LogP contribution in [0.15, 0.2) is 0 Å². The molecule has 1 aliphatic carbocycles. The summed E-state index contributed by atoms with van der Waals surface area (Å²) in [6.45, 7) is 8.34. The third-order valence-electron chi connectivity index (χ3n) is 4.76. The van der Waals surface area contributed by atoms with Crippen LogP contribution in [-0.4, -0.2) is 38.9 Å². The zero-order chi connectivity index (χ0) is 16.8. The van der Waals surface area contributed by atoms with Crippen molar-refractivity contribution in [2.45, 2.75) is 71.6 Å². The molecule has 0 aliphatic heterocycles. The van der Waals surface area contributed by atoms with Gasteiger partial charge in [0, 0.05) is 39.4 Å². The van der Waals surface area contributed by atoms with Gasteiger partial charge in [-0.1, -0.05) is 12.8 Å². The van der Waals surface area contributed by atoms with E-state index in [0.29, 0.717) is 12.3 Å². The fourth-order valence-corrected chi connectivity index (χ4v) is 3.22. The largest absolute Gasteiger partial charge is 0.382 e. The third kappa shape index (κ3) is 10.7. The van der Waals surface area contributed by atoms with Crippen LogP contribution in [-0.2, 0) is 14.3 Å². The first-order valence-electron chi connectivity index (χ1n) is 9.68. The molecule has 4 nitrogen and oxygen atoms in total. The third-order valence-corrected chi connectivity index (χ3v) is 4.76. The zero-order valence-electron chi connectivity index (χ0n) is 15.3. The molecule has 0 bridgehead atoms. The van der Waals surface area contributed by atoms with Gasteiger partial charge in [-0.25, -0.2) is 0 Å². The first-order valence-corrected chi connectivity index (χ1v) is 9.68. The van der Waals surface area contributed by atoms with E-state index in [0.717, 1.165) is 64.6 Å². The van der Waals surface area contributed by atoms with Gasteiger partial charge < -0.3 is 14.8 Å². The normalized spacial score (nSPS) is 21.3. The molecule has 1 saturated carbocycles. The number of hydrogen-bond acceptors (Lipinski definition) is 3. The molecular formula is C19H37NO3. The number of rotatable bonds is 13. The summed E-state index contributed by atoms with van der Waals surface area (Å²) in [6.07, 6.45) is 10.0. The number of ether oxygens (including phenoxy) is 2. The molecule has 0 saturated heterocycles. The highest BCUT2D eigenvalue weighted by Gasteiger charge is 2.21. The Hall–Kier alpha value is -0.610. The van der Waals surface area contributed by atoms with Crippen LogP contribution in [0.4, 0.5) is 0 Å². The number of carbonyl (C=O) groups excluding carboxylic acids is 1. The maximum absolute atomic E-state index is 11.9. The van der Waals surface area contributed by atoms with Gasteiger partial charge in [0.2, 0.25) is 5.91 Å². The molecule has 1 N–H and O–H groups in total. The van der Waals surface area contributed by atoms with Crippen LogP contribution in [0.25, 0.3) is 0 Å². The molecule has 0 aromatic rings.